The number of hydrogen-bond acceptors (Lipinski definition) is 3. The van der Waals surface area contributed by atoms with E-state index in [-0.39, 0.29) is 5.75 Å². The van der Waals surface area contributed by atoms with Gasteiger partial charge in [-0.1, -0.05) is 66.7 Å². The van der Waals surface area contributed by atoms with Crippen molar-refractivity contribution >= 4 is 10.8 Å². The fourth-order valence-electron chi connectivity index (χ4n) is 4.15. The Balaban J connectivity index is 2.00. The Morgan fingerprint density at radius 2 is 1.27 bits per heavy atom. The third-order valence-electron chi connectivity index (χ3n) is 5.54. The molecule has 4 rings (SSSR count). The van der Waals surface area contributed by atoms with Gasteiger partial charge in [-0.15, -0.1) is 0 Å². The Morgan fingerprint density at radius 3 is 1.80 bits per heavy atom. The summed E-state index contributed by atoms with van der Waals surface area (Å²) in [5.74, 6) is 1.68. The summed E-state index contributed by atoms with van der Waals surface area (Å²) in [6.07, 6.45) is 1.38. The van der Waals surface area contributed by atoms with E-state index in [4.69, 9.17) is 9.47 Å². The normalized spacial score (nSPS) is 10.9. The molecule has 0 aliphatic rings. The zero-order chi connectivity index (χ0) is 21.1. The molecule has 152 valence electrons. The molecule has 30 heavy (non-hydrogen) atoms. The van der Waals surface area contributed by atoms with Crippen molar-refractivity contribution in [2.45, 2.75) is 19.8 Å². The van der Waals surface area contributed by atoms with E-state index in [1.807, 2.05) is 49.4 Å². The molecule has 0 spiro atoms. The van der Waals surface area contributed by atoms with Gasteiger partial charge in [0.25, 0.3) is 0 Å². The predicted molar refractivity (Wildman–Crippen MR) is 122 cm³/mol. The molecule has 0 unspecified atom stereocenters. The van der Waals surface area contributed by atoms with E-state index in [2.05, 4.69) is 30.3 Å². The van der Waals surface area contributed by atoms with Crippen molar-refractivity contribution in [3.63, 3.8) is 0 Å². The summed E-state index contributed by atoms with van der Waals surface area (Å²) < 4.78 is 11.5. The number of fused-ring (bicyclic) bond motifs is 1. The number of phenolic OH excluding ortho intramolecular Hbond substituents is 1. The van der Waals surface area contributed by atoms with E-state index >= 15 is 0 Å². The Morgan fingerprint density at radius 1 is 0.700 bits per heavy atom. The van der Waals surface area contributed by atoms with Gasteiger partial charge in [-0.25, -0.2) is 0 Å². The van der Waals surface area contributed by atoms with Crippen LogP contribution in [0.25, 0.3) is 10.8 Å². The highest BCUT2D eigenvalue weighted by molar-refractivity contribution is 6.02. The van der Waals surface area contributed by atoms with Gasteiger partial charge in [-0.3, -0.25) is 0 Å². The minimum Gasteiger partial charge on any atom is -0.507 e. The number of aromatic hydroxyl groups is 1. The summed E-state index contributed by atoms with van der Waals surface area (Å²) in [5, 5.41) is 12.9. The number of phenols is 1. The molecule has 0 atom stereocenters. The first-order valence-electron chi connectivity index (χ1n) is 10.1. The highest BCUT2D eigenvalue weighted by Crippen LogP contribution is 2.45. The molecule has 0 heterocycles. The van der Waals surface area contributed by atoms with Gasteiger partial charge in [0.1, 0.15) is 17.2 Å². The van der Waals surface area contributed by atoms with Gasteiger partial charge in [0.05, 0.1) is 19.6 Å². The van der Waals surface area contributed by atoms with E-state index < -0.39 is 0 Å². The van der Waals surface area contributed by atoms with Crippen molar-refractivity contribution in [2.75, 3.05) is 14.2 Å². The number of ether oxygens (including phenoxy) is 2. The van der Waals surface area contributed by atoms with Crippen LogP contribution in [0.4, 0.5) is 0 Å². The molecule has 0 radical (unpaired) electrons. The van der Waals surface area contributed by atoms with Gasteiger partial charge in [-0.2, -0.15) is 0 Å². The molecule has 1 N–H and O–H groups in total. The van der Waals surface area contributed by atoms with Crippen LogP contribution in [0.2, 0.25) is 0 Å². The van der Waals surface area contributed by atoms with Gasteiger partial charge in [0.2, 0.25) is 0 Å². The van der Waals surface area contributed by atoms with Crippen LogP contribution in [0.15, 0.2) is 72.8 Å². The highest BCUT2D eigenvalue weighted by Gasteiger charge is 2.21. The number of methoxy groups -OCH3 is 2. The Bertz CT molecular complexity index is 1170. The smallest absolute Gasteiger partial charge is 0.130 e. The van der Waals surface area contributed by atoms with Crippen LogP contribution in [0.1, 0.15) is 27.8 Å². The van der Waals surface area contributed by atoms with E-state index in [9.17, 15) is 5.11 Å². The van der Waals surface area contributed by atoms with Crippen LogP contribution in [0.3, 0.4) is 0 Å². The molecule has 3 nitrogen and oxygen atoms in total. The molecule has 0 amide bonds. The standard InChI is InChI=1S/C27H26O3/c1-18-14-23(29-2)25-24(27(18)30-3)21(15-19-10-6-4-7-11-19)17-22(26(25)28)16-20-12-8-5-9-13-20/h4-14,17,28H,15-16H2,1-3H3. The number of aryl methyl sites for hydroxylation is 1. The molecule has 4 aromatic rings. The van der Waals surface area contributed by atoms with Crippen LogP contribution in [-0.4, -0.2) is 19.3 Å². The van der Waals surface area contributed by atoms with Gasteiger partial charge in [-0.05, 0) is 47.2 Å². The average Bonchev–Trinajstić information content (AvgIpc) is 2.77. The maximum atomic E-state index is 11.3. The second-order valence-corrected chi connectivity index (χ2v) is 7.55. The fourth-order valence-corrected chi connectivity index (χ4v) is 4.15. The predicted octanol–water partition coefficient (Wildman–Crippen LogP) is 6.05. The molecule has 0 aliphatic heterocycles. The van der Waals surface area contributed by atoms with Gasteiger partial charge < -0.3 is 14.6 Å². The van der Waals surface area contributed by atoms with Crippen LogP contribution >= 0.6 is 0 Å². The quantitative estimate of drug-likeness (QED) is 0.429. The first-order valence-corrected chi connectivity index (χ1v) is 10.1. The summed E-state index contributed by atoms with van der Waals surface area (Å²) in [7, 11) is 3.32. The van der Waals surface area contributed by atoms with Crippen molar-refractivity contribution in [1.29, 1.82) is 0 Å². The molecule has 0 saturated heterocycles. The lowest BCUT2D eigenvalue weighted by atomic mass is 9.90. The first-order chi connectivity index (χ1) is 14.6. The minimum atomic E-state index is 0.251. The number of hydrogen-bond donors (Lipinski definition) is 1. The zero-order valence-corrected chi connectivity index (χ0v) is 17.6. The molecular formula is C27H26O3. The number of rotatable bonds is 6. The van der Waals surface area contributed by atoms with Crippen molar-refractivity contribution in [3.05, 3.63) is 101 Å². The second-order valence-electron chi connectivity index (χ2n) is 7.55. The third kappa shape index (κ3) is 3.71. The topological polar surface area (TPSA) is 38.7 Å². The largest absolute Gasteiger partial charge is 0.507 e. The summed E-state index contributed by atoms with van der Waals surface area (Å²) in [6.45, 7) is 2.00. The summed E-state index contributed by atoms with van der Waals surface area (Å²) >= 11 is 0. The number of benzene rings is 4. The molecule has 0 fully saturated rings. The van der Waals surface area contributed by atoms with E-state index in [1.54, 1.807) is 14.2 Å². The van der Waals surface area contributed by atoms with Crippen LogP contribution in [-0.2, 0) is 12.8 Å². The summed E-state index contributed by atoms with van der Waals surface area (Å²) in [5.41, 5.74) is 5.32. The monoisotopic (exact) mass is 398 g/mol. The SMILES string of the molecule is COc1cc(C)c(OC)c2c(Cc3ccccc3)cc(Cc3ccccc3)c(O)c12. The lowest BCUT2D eigenvalue weighted by Gasteiger charge is -2.20. The maximum Gasteiger partial charge on any atom is 0.130 e. The first kappa shape index (κ1) is 19.8. The lowest BCUT2D eigenvalue weighted by molar-refractivity contribution is 0.405. The van der Waals surface area contributed by atoms with E-state index in [0.717, 1.165) is 39.8 Å². The Hall–Kier alpha value is -3.46. The van der Waals surface area contributed by atoms with Gasteiger partial charge in [0, 0.05) is 11.8 Å². The van der Waals surface area contributed by atoms with Crippen LogP contribution < -0.4 is 9.47 Å². The Labute approximate surface area is 177 Å². The molecule has 4 aromatic carbocycles. The highest BCUT2D eigenvalue weighted by atomic mass is 16.5. The van der Waals surface area contributed by atoms with Crippen LogP contribution in [0.5, 0.6) is 17.2 Å². The van der Waals surface area contributed by atoms with Crippen LogP contribution in [0, 0.1) is 6.92 Å². The van der Waals surface area contributed by atoms with Gasteiger partial charge in [0.15, 0.2) is 0 Å². The Kier molecular flexibility index (Phi) is 5.62. The molecule has 0 saturated carbocycles. The fraction of sp³-hybridized carbons (Fsp3) is 0.185. The third-order valence-corrected chi connectivity index (χ3v) is 5.54. The minimum absolute atomic E-state index is 0.251. The maximum absolute atomic E-state index is 11.3. The van der Waals surface area contributed by atoms with Crippen molar-refractivity contribution in [1.82, 2.24) is 0 Å². The average molecular weight is 399 g/mol. The lowest BCUT2D eigenvalue weighted by Crippen LogP contribution is -2.01. The summed E-state index contributed by atoms with van der Waals surface area (Å²) in [6, 6.07) is 24.6. The van der Waals surface area contributed by atoms with E-state index in [0.29, 0.717) is 17.6 Å². The van der Waals surface area contributed by atoms with Gasteiger partial charge >= 0.3 is 0 Å². The van der Waals surface area contributed by atoms with Crippen molar-refractivity contribution in [3.8, 4) is 17.2 Å². The molecule has 0 bridgehead atoms. The van der Waals surface area contributed by atoms with Crippen molar-refractivity contribution < 1.29 is 14.6 Å². The van der Waals surface area contributed by atoms with E-state index in [1.165, 1.54) is 5.56 Å². The molecule has 0 aromatic heterocycles. The molecule has 0 aliphatic carbocycles. The molecule has 3 heteroatoms. The second kappa shape index (κ2) is 8.50. The zero-order valence-electron chi connectivity index (χ0n) is 17.6. The summed E-state index contributed by atoms with van der Waals surface area (Å²) in [4.78, 5) is 0. The molecular weight excluding hydrogens is 372 g/mol. The van der Waals surface area contributed by atoms with Crippen molar-refractivity contribution in [2.24, 2.45) is 0 Å².